The lowest BCUT2D eigenvalue weighted by atomic mass is 10.7. The second kappa shape index (κ2) is 2.95. The van der Waals surface area contributed by atoms with E-state index in [4.69, 9.17) is 0 Å². The molecular formula is C3H4ClNO3S. The predicted molar refractivity (Wildman–Crippen MR) is 33.1 cm³/mol. The fourth-order valence-corrected chi connectivity index (χ4v) is 0.671. The second-order valence-corrected chi connectivity index (χ2v) is 3.13. The van der Waals surface area contributed by atoms with Gasteiger partial charge in [-0.1, -0.05) is 6.58 Å². The first-order valence-corrected chi connectivity index (χ1v) is 3.69. The summed E-state index contributed by atoms with van der Waals surface area (Å²) in [5.74, 6) is 0. The Morgan fingerprint density at radius 1 is 1.67 bits per heavy atom. The van der Waals surface area contributed by atoms with Gasteiger partial charge in [-0.3, -0.25) is 4.79 Å². The first-order valence-electron chi connectivity index (χ1n) is 1.83. The SMILES string of the molecule is C=CC(=O)S(=O)(=O)NCl. The van der Waals surface area contributed by atoms with Crippen molar-refractivity contribution in [1.29, 1.82) is 0 Å². The van der Waals surface area contributed by atoms with Crippen molar-refractivity contribution in [3.05, 3.63) is 12.7 Å². The van der Waals surface area contributed by atoms with Crippen molar-refractivity contribution in [2.24, 2.45) is 0 Å². The van der Waals surface area contributed by atoms with Crippen molar-refractivity contribution in [2.75, 3.05) is 0 Å². The molecule has 0 aromatic heterocycles. The van der Waals surface area contributed by atoms with Gasteiger partial charge in [-0.2, -0.15) is 0 Å². The van der Waals surface area contributed by atoms with E-state index in [9.17, 15) is 13.2 Å². The normalized spacial score (nSPS) is 10.8. The Balaban J connectivity index is 4.56. The molecule has 0 unspecified atom stereocenters. The molecule has 0 spiro atoms. The molecular weight excluding hydrogens is 166 g/mol. The molecule has 0 rings (SSSR count). The third-order valence-corrected chi connectivity index (χ3v) is 2.04. The monoisotopic (exact) mass is 169 g/mol. The van der Waals surface area contributed by atoms with Crippen LogP contribution in [0.2, 0.25) is 0 Å². The molecule has 4 nitrogen and oxygen atoms in total. The van der Waals surface area contributed by atoms with Crippen LogP contribution in [0.15, 0.2) is 12.7 Å². The van der Waals surface area contributed by atoms with E-state index < -0.39 is 15.1 Å². The van der Waals surface area contributed by atoms with Crippen LogP contribution in [0.25, 0.3) is 0 Å². The largest absolute Gasteiger partial charge is 0.291 e. The van der Waals surface area contributed by atoms with Gasteiger partial charge in [-0.15, -0.1) is 4.24 Å². The van der Waals surface area contributed by atoms with Crippen LogP contribution in [0.1, 0.15) is 0 Å². The number of rotatable bonds is 2. The molecule has 0 aromatic carbocycles. The zero-order valence-corrected chi connectivity index (χ0v) is 5.87. The van der Waals surface area contributed by atoms with Gasteiger partial charge in [0, 0.05) is 0 Å². The molecule has 0 amide bonds. The summed E-state index contributed by atoms with van der Waals surface area (Å²) in [6.07, 6.45) is 0.657. The highest BCUT2D eigenvalue weighted by Gasteiger charge is 2.15. The molecule has 0 bridgehead atoms. The van der Waals surface area contributed by atoms with Gasteiger partial charge < -0.3 is 0 Å². The summed E-state index contributed by atoms with van der Waals surface area (Å²) in [6.45, 7) is 2.95. The summed E-state index contributed by atoms with van der Waals surface area (Å²) in [6, 6.07) is 0. The summed E-state index contributed by atoms with van der Waals surface area (Å²) >= 11 is 4.66. The molecule has 1 N–H and O–H groups in total. The Hall–Kier alpha value is -0.390. The number of halogens is 1. The van der Waals surface area contributed by atoms with Crippen LogP contribution >= 0.6 is 11.8 Å². The highest BCUT2D eigenvalue weighted by atomic mass is 35.5. The first-order chi connectivity index (χ1) is 4.04. The first kappa shape index (κ1) is 8.61. The summed E-state index contributed by atoms with van der Waals surface area (Å²) in [5.41, 5.74) is 0. The molecule has 0 saturated carbocycles. The van der Waals surface area contributed by atoms with E-state index in [0.717, 1.165) is 0 Å². The quantitative estimate of drug-likeness (QED) is 0.459. The summed E-state index contributed by atoms with van der Waals surface area (Å²) in [5, 5.41) is -1.14. The predicted octanol–water partition coefficient (Wildman–Crippen LogP) is -0.228. The minimum atomic E-state index is -3.99. The lowest BCUT2D eigenvalue weighted by molar-refractivity contribution is -0.107. The van der Waals surface area contributed by atoms with Crippen molar-refractivity contribution in [2.45, 2.75) is 0 Å². The van der Waals surface area contributed by atoms with E-state index in [2.05, 4.69) is 18.4 Å². The molecule has 0 aromatic rings. The van der Waals surface area contributed by atoms with Gasteiger partial charge in [-0.25, -0.2) is 8.42 Å². The summed E-state index contributed by atoms with van der Waals surface area (Å²) in [7, 11) is -3.99. The Kier molecular flexibility index (Phi) is 2.83. The molecule has 0 fully saturated rings. The molecule has 0 aliphatic carbocycles. The third kappa shape index (κ3) is 2.13. The zero-order chi connectivity index (χ0) is 7.49. The average molecular weight is 170 g/mol. The van der Waals surface area contributed by atoms with Crippen molar-refractivity contribution in [1.82, 2.24) is 4.24 Å². The van der Waals surface area contributed by atoms with Crippen LogP contribution in [0.4, 0.5) is 0 Å². The zero-order valence-electron chi connectivity index (χ0n) is 4.30. The van der Waals surface area contributed by atoms with Crippen molar-refractivity contribution < 1.29 is 13.2 Å². The van der Waals surface area contributed by atoms with Crippen LogP contribution in [-0.2, 0) is 14.8 Å². The maximum absolute atomic E-state index is 10.3. The van der Waals surface area contributed by atoms with Gasteiger partial charge in [0.05, 0.1) is 0 Å². The van der Waals surface area contributed by atoms with Crippen LogP contribution < -0.4 is 4.24 Å². The molecule has 0 aliphatic heterocycles. The smallest absolute Gasteiger partial charge is 0.275 e. The highest BCUT2D eigenvalue weighted by Crippen LogP contribution is 1.87. The van der Waals surface area contributed by atoms with E-state index in [0.29, 0.717) is 6.08 Å². The molecule has 0 heterocycles. The summed E-state index contributed by atoms with van der Waals surface area (Å²) < 4.78 is 21.8. The van der Waals surface area contributed by atoms with Gasteiger partial charge in [0.2, 0.25) is 0 Å². The Bertz CT molecular complexity index is 219. The molecule has 9 heavy (non-hydrogen) atoms. The minimum Gasteiger partial charge on any atom is -0.275 e. The number of carbonyl (C=O) groups excluding carboxylic acids is 1. The Labute approximate surface area is 57.7 Å². The van der Waals surface area contributed by atoms with E-state index in [1.54, 1.807) is 0 Å². The maximum Gasteiger partial charge on any atom is 0.291 e. The molecule has 0 radical (unpaired) electrons. The van der Waals surface area contributed by atoms with Crippen molar-refractivity contribution >= 4 is 26.9 Å². The lowest BCUT2D eigenvalue weighted by Gasteiger charge is -1.90. The van der Waals surface area contributed by atoms with Gasteiger partial charge in [0.25, 0.3) is 15.1 Å². The maximum atomic E-state index is 10.3. The molecule has 0 aliphatic rings. The van der Waals surface area contributed by atoms with Gasteiger partial charge in [0.1, 0.15) is 0 Å². The topological polar surface area (TPSA) is 63.2 Å². The number of hydrogen-bond acceptors (Lipinski definition) is 3. The van der Waals surface area contributed by atoms with E-state index in [1.807, 2.05) is 0 Å². The van der Waals surface area contributed by atoms with Crippen LogP contribution in [0, 0.1) is 0 Å². The lowest BCUT2D eigenvalue weighted by Crippen LogP contribution is -2.21. The number of carbonyl (C=O) groups is 1. The van der Waals surface area contributed by atoms with Gasteiger partial charge in [-0.05, 0) is 17.9 Å². The van der Waals surface area contributed by atoms with Gasteiger partial charge in [0.15, 0.2) is 0 Å². The highest BCUT2D eigenvalue weighted by molar-refractivity contribution is 8.05. The molecule has 0 saturated heterocycles. The number of sulfonamides is 1. The Morgan fingerprint density at radius 3 is 2.22 bits per heavy atom. The van der Waals surface area contributed by atoms with Gasteiger partial charge >= 0.3 is 0 Å². The van der Waals surface area contributed by atoms with Crippen LogP contribution in [0.5, 0.6) is 0 Å². The van der Waals surface area contributed by atoms with Crippen LogP contribution in [-0.4, -0.2) is 13.5 Å². The second-order valence-electron chi connectivity index (χ2n) is 1.10. The van der Waals surface area contributed by atoms with E-state index in [-0.39, 0.29) is 0 Å². The standard InChI is InChI=1S/C3H4ClNO3S/c1-2-3(6)9(7,8)5-4/h2,5H,1H2. The number of nitrogens with one attached hydrogen (secondary N) is 1. The van der Waals surface area contributed by atoms with Crippen molar-refractivity contribution in [3.63, 3.8) is 0 Å². The fraction of sp³-hybridized carbons (Fsp3) is 0. The van der Waals surface area contributed by atoms with E-state index in [1.165, 1.54) is 4.24 Å². The third-order valence-electron chi connectivity index (χ3n) is 0.533. The Morgan fingerprint density at radius 2 is 2.11 bits per heavy atom. The van der Waals surface area contributed by atoms with Crippen molar-refractivity contribution in [3.8, 4) is 0 Å². The average Bonchev–Trinajstić information content (AvgIpc) is 1.86. The minimum absolute atomic E-state index is 0.657. The molecule has 0 atom stereocenters. The number of hydrogen-bond donors (Lipinski definition) is 1. The summed E-state index contributed by atoms with van der Waals surface area (Å²) in [4.78, 5) is 10.2. The van der Waals surface area contributed by atoms with Crippen LogP contribution in [0.3, 0.4) is 0 Å². The fourth-order valence-electron chi connectivity index (χ4n) is 0.148. The molecule has 6 heteroatoms. The van der Waals surface area contributed by atoms with E-state index >= 15 is 0 Å². The molecule has 52 valence electrons.